The number of aromatic nitrogens is 2. The lowest BCUT2D eigenvalue weighted by atomic mass is 10.2. The number of aliphatic hydroxyl groups excluding tert-OH is 1. The molecule has 0 spiro atoms. The van der Waals surface area contributed by atoms with Crippen LogP contribution in [0.5, 0.6) is 0 Å². The van der Waals surface area contributed by atoms with E-state index in [1.54, 1.807) is 6.92 Å². The van der Waals surface area contributed by atoms with Crippen molar-refractivity contribution in [2.45, 2.75) is 39.5 Å². The van der Waals surface area contributed by atoms with E-state index in [1.807, 2.05) is 31.8 Å². The quantitative estimate of drug-likeness (QED) is 0.742. The van der Waals surface area contributed by atoms with Crippen molar-refractivity contribution in [1.82, 2.24) is 15.1 Å². The molecule has 4 heteroatoms. The molecule has 0 aromatic carbocycles. The Morgan fingerprint density at radius 2 is 2.21 bits per heavy atom. The van der Waals surface area contributed by atoms with Gasteiger partial charge in [-0.3, -0.25) is 4.68 Å². The summed E-state index contributed by atoms with van der Waals surface area (Å²) in [5.74, 6) is 0. The second kappa shape index (κ2) is 4.57. The van der Waals surface area contributed by atoms with Gasteiger partial charge in [-0.25, -0.2) is 0 Å². The van der Waals surface area contributed by atoms with Crippen LogP contribution >= 0.6 is 0 Å². The minimum atomic E-state index is -0.327. The number of rotatable bonds is 4. The minimum absolute atomic E-state index is 0.106. The van der Waals surface area contributed by atoms with Crippen molar-refractivity contribution >= 4 is 0 Å². The highest BCUT2D eigenvalue weighted by Crippen LogP contribution is 2.05. The average molecular weight is 197 g/mol. The van der Waals surface area contributed by atoms with Crippen LogP contribution in [0.15, 0.2) is 6.20 Å². The zero-order chi connectivity index (χ0) is 10.7. The number of aryl methyl sites for hydroxylation is 1. The zero-order valence-corrected chi connectivity index (χ0v) is 9.28. The van der Waals surface area contributed by atoms with Crippen molar-refractivity contribution in [3.05, 3.63) is 17.5 Å². The lowest BCUT2D eigenvalue weighted by molar-refractivity contribution is 0.152. The highest BCUT2D eigenvalue weighted by Gasteiger charge is 2.09. The van der Waals surface area contributed by atoms with E-state index < -0.39 is 0 Å². The monoisotopic (exact) mass is 197 g/mol. The first-order valence-electron chi connectivity index (χ1n) is 4.91. The Hall–Kier alpha value is -0.870. The van der Waals surface area contributed by atoms with E-state index in [9.17, 15) is 5.11 Å². The highest BCUT2D eigenvalue weighted by atomic mass is 16.3. The second-order valence-corrected chi connectivity index (χ2v) is 3.79. The van der Waals surface area contributed by atoms with Gasteiger partial charge in [0.25, 0.3) is 0 Å². The van der Waals surface area contributed by atoms with Gasteiger partial charge in [-0.1, -0.05) is 0 Å². The summed E-state index contributed by atoms with van der Waals surface area (Å²) >= 11 is 0. The predicted octanol–water partition coefficient (Wildman–Crippen LogP) is 0.587. The fraction of sp³-hybridized carbons (Fsp3) is 0.700. The Labute approximate surface area is 84.9 Å². The maximum atomic E-state index is 9.29. The van der Waals surface area contributed by atoms with E-state index in [0.717, 1.165) is 12.2 Å². The molecule has 0 saturated heterocycles. The summed E-state index contributed by atoms with van der Waals surface area (Å²) in [5.41, 5.74) is 2.34. The third-order valence-electron chi connectivity index (χ3n) is 2.68. The molecule has 2 N–H and O–H groups in total. The van der Waals surface area contributed by atoms with Gasteiger partial charge in [-0.05, 0) is 20.8 Å². The smallest absolute Gasteiger partial charge is 0.0662 e. The minimum Gasteiger partial charge on any atom is -0.392 e. The SMILES string of the molecule is Cc1c(CNC(C)C(C)O)cnn1C. The van der Waals surface area contributed by atoms with Crippen LogP contribution in [0.2, 0.25) is 0 Å². The largest absolute Gasteiger partial charge is 0.392 e. The zero-order valence-electron chi connectivity index (χ0n) is 9.28. The van der Waals surface area contributed by atoms with Gasteiger partial charge in [0.15, 0.2) is 0 Å². The molecule has 0 saturated carbocycles. The van der Waals surface area contributed by atoms with E-state index >= 15 is 0 Å². The average Bonchev–Trinajstić information content (AvgIpc) is 2.44. The molecular weight excluding hydrogens is 178 g/mol. The maximum Gasteiger partial charge on any atom is 0.0662 e. The lowest BCUT2D eigenvalue weighted by Crippen LogP contribution is -2.34. The fourth-order valence-electron chi connectivity index (χ4n) is 1.16. The van der Waals surface area contributed by atoms with Crippen LogP contribution in [0.3, 0.4) is 0 Å². The summed E-state index contributed by atoms with van der Waals surface area (Å²) in [4.78, 5) is 0. The van der Waals surface area contributed by atoms with Gasteiger partial charge in [0.05, 0.1) is 12.3 Å². The van der Waals surface area contributed by atoms with Crippen LogP contribution in [0.25, 0.3) is 0 Å². The van der Waals surface area contributed by atoms with E-state index in [1.165, 1.54) is 5.56 Å². The highest BCUT2D eigenvalue weighted by molar-refractivity contribution is 5.15. The number of nitrogens with zero attached hydrogens (tertiary/aromatic N) is 2. The third kappa shape index (κ3) is 2.56. The van der Waals surface area contributed by atoms with Crippen molar-refractivity contribution in [2.24, 2.45) is 7.05 Å². The molecule has 0 bridgehead atoms. The first-order chi connectivity index (χ1) is 6.52. The maximum absolute atomic E-state index is 9.29. The molecule has 1 rings (SSSR count). The molecule has 0 fully saturated rings. The molecule has 14 heavy (non-hydrogen) atoms. The number of hydrogen-bond donors (Lipinski definition) is 2. The van der Waals surface area contributed by atoms with Crippen LogP contribution in [0, 0.1) is 6.92 Å². The summed E-state index contributed by atoms with van der Waals surface area (Å²) in [6, 6.07) is 0.106. The van der Waals surface area contributed by atoms with Crippen LogP contribution in [0.1, 0.15) is 25.1 Å². The molecule has 80 valence electrons. The number of nitrogens with one attached hydrogen (secondary N) is 1. The molecule has 0 aliphatic rings. The van der Waals surface area contributed by atoms with Gasteiger partial charge in [-0.15, -0.1) is 0 Å². The van der Waals surface area contributed by atoms with Gasteiger partial charge >= 0.3 is 0 Å². The van der Waals surface area contributed by atoms with Gasteiger partial charge in [-0.2, -0.15) is 5.10 Å². The second-order valence-electron chi connectivity index (χ2n) is 3.79. The molecule has 0 radical (unpaired) electrons. The molecule has 0 aliphatic carbocycles. The van der Waals surface area contributed by atoms with Crippen LogP contribution in [-0.4, -0.2) is 27.0 Å². The number of aliphatic hydroxyl groups is 1. The topological polar surface area (TPSA) is 50.1 Å². The Bertz CT molecular complexity index is 294. The van der Waals surface area contributed by atoms with E-state index in [4.69, 9.17) is 0 Å². The van der Waals surface area contributed by atoms with Crippen LogP contribution in [-0.2, 0) is 13.6 Å². The van der Waals surface area contributed by atoms with Crippen molar-refractivity contribution in [3.63, 3.8) is 0 Å². The summed E-state index contributed by atoms with van der Waals surface area (Å²) in [6.45, 7) is 6.55. The van der Waals surface area contributed by atoms with Crippen molar-refractivity contribution in [1.29, 1.82) is 0 Å². The van der Waals surface area contributed by atoms with Gasteiger partial charge < -0.3 is 10.4 Å². The first kappa shape index (κ1) is 11.2. The van der Waals surface area contributed by atoms with Gasteiger partial charge in [0.1, 0.15) is 0 Å². The molecule has 4 nitrogen and oxygen atoms in total. The Kier molecular flexibility index (Phi) is 3.66. The molecule has 1 aromatic heterocycles. The number of hydrogen-bond acceptors (Lipinski definition) is 3. The molecular formula is C10H19N3O. The molecule has 0 amide bonds. The summed E-state index contributed by atoms with van der Waals surface area (Å²) in [7, 11) is 1.93. The van der Waals surface area contributed by atoms with E-state index in [-0.39, 0.29) is 12.1 Å². The normalized spacial score (nSPS) is 15.5. The molecule has 1 heterocycles. The van der Waals surface area contributed by atoms with Gasteiger partial charge in [0.2, 0.25) is 0 Å². The van der Waals surface area contributed by atoms with Crippen molar-refractivity contribution < 1.29 is 5.11 Å². The Morgan fingerprint density at radius 3 is 2.64 bits per heavy atom. The summed E-state index contributed by atoms with van der Waals surface area (Å²) < 4.78 is 1.85. The van der Waals surface area contributed by atoms with Crippen LogP contribution in [0.4, 0.5) is 0 Å². The lowest BCUT2D eigenvalue weighted by Gasteiger charge is -2.16. The fourth-order valence-corrected chi connectivity index (χ4v) is 1.16. The van der Waals surface area contributed by atoms with E-state index in [2.05, 4.69) is 10.4 Å². The standard InChI is InChI=1S/C10H19N3O/c1-7(9(3)14)11-5-10-6-12-13(4)8(10)2/h6-7,9,11,14H,5H2,1-4H3. The molecule has 1 aromatic rings. The summed E-state index contributed by atoms with van der Waals surface area (Å²) in [5, 5.41) is 16.7. The molecule has 2 unspecified atom stereocenters. The van der Waals surface area contributed by atoms with E-state index in [0.29, 0.717) is 0 Å². The Morgan fingerprint density at radius 1 is 1.57 bits per heavy atom. The third-order valence-corrected chi connectivity index (χ3v) is 2.68. The first-order valence-corrected chi connectivity index (χ1v) is 4.91. The predicted molar refractivity (Wildman–Crippen MR) is 55.9 cm³/mol. The van der Waals surface area contributed by atoms with Crippen molar-refractivity contribution in [3.8, 4) is 0 Å². The van der Waals surface area contributed by atoms with Crippen molar-refractivity contribution in [2.75, 3.05) is 0 Å². The Balaban J connectivity index is 2.50. The molecule has 0 aliphatic heterocycles. The summed E-state index contributed by atoms with van der Waals surface area (Å²) in [6.07, 6.45) is 1.53. The van der Waals surface area contributed by atoms with Gasteiger partial charge in [0, 0.05) is 30.9 Å². The molecule has 2 atom stereocenters. The van der Waals surface area contributed by atoms with Crippen LogP contribution < -0.4 is 5.32 Å².